The van der Waals surface area contributed by atoms with Crippen LogP contribution in [0.5, 0.6) is 0 Å². The average molecular weight is 232 g/mol. The van der Waals surface area contributed by atoms with Gasteiger partial charge in [0.2, 0.25) is 0 Å². The molecule has 17 heavy (non-hydrogen) atoms. The lowest BCUT2D eigenvalue weighted by molar-refractivity contribution is 0.297. The van der Waals surface area contributed by atoms with Gasteiger partial charge in [0.15, 0.2) is 0 Å². The lowest BCUT2D eigenvalue weighted by Crippen LogP contribution is -2.37. The minimum absolute atomic E-state index is 0.489. The van der Waals surface area contributed by atoms with E-state index < -0.39 is 0 Å². The van der Waals surface area contributed by atoms with Gasteiger partial charge in [-0.05, 0) is 63.9 Å². The number of piperidine rings is 1. The second kappa shape index (κ2) is 5.65. The first kappa shape index (κ1) is 12.6. The van der Waals surface area contributed by atoms with E-state index in [-0.39, 0.29) is 0 Å². The van der Waals surface area contributed by atoms with Crippen molar-refractivity contribution >= 4 is 0 Å². The van der Waals surface area contributed by atoms with Crippen molar-refractivity contribution in [2.45, 2.75) is 32.7 Å². The van der Waals surface area contributed by atoms with Crippen molar-refractivity contribution in [3.8, 4) is 0 Å². The maximum atomic E-state index is 3.52. The number of nitrogens with one attached hydrogen (secondary N) is 2. The van der Waals surface area contributed by atoms with Gasteiger partial charge in [0, 0.05) is 6.04 Å². The molecule has 0 bridgehead atoms. The first-order valence-electron chi connectivity index (χ1n) is 6.67. The van der Waals surface area contributed by atoms with E-state index in [0.29, 0.717) is 12.0 Å². The first-order chi connectivity index (χ1) is 8.22. The van der Waals surface area contributed by atoms with Crippen LogP contribution in [-0.2, 0) is 0 Å². The Hall–Kier alpha value is -0.860. The van der Waals surface area contributed by atoms with Crippen molar-refractivity contribution < 1.29 is 0 Å². The Labute approximate surface area is 105 Å². The molecule has 0 spiro atoms. The van der Waals surface area contributed by atoms with Crippen LogP contribution in [0.2, 0.25) is 0 Å². The predicted octanol–water partition coefficient (Wildman–Crippen LogP) is 2.56. The molecule has 2 atom stereocenters. The third-order valence-corrected chi connectivity index (χ3v) is 3.89. The molecule has 2 heteroatoms. The maximum Gasteiger partial charge on any atom is 0.0361 e. The molecule has 1 aromatic rings. The van der Waals surface area contributed by atoms with Gasteiger partial charge < -0.3 is 10.6 Å². The summed E-state index contributed by atoms with van der Waals surface area (Å²) >= 11 is 0. The molecule has 2 N–H and O–H groups in total. The molecule has 0 amide bonds. The molecule has 0 aromatic heterocycles. The molecule has 1 heterocycles. The first-order valence-corrected chi connectivity index (χ1v) is 6.67. The predicted molar refractivity (Wildman–Crippen MR) is 73.3 cm³/mol. The Morgan fingerprint density at radius 3 is 2.82 bits per heavy atom. The van der Waals surface area contributed by atoms with Crippen molar-refractivity contribution in [1.82, 2.24) is 10.6 Å². The number of benzene rings is 1. The third-order valence-electron chi connectivity index (χ3n) is 3.89. The smallest absolute Gasteiger partial charge is 0.0361 e. The van der Waals surface area contributed by atoms with Crippen LogP contribution in [0.15, 0.2) is 18.2 Å². The van der Waals surface area contributed by atoms with E-state index >= 15 is 0 Å². The van der Waals surface area contributed by atoms with E-state index in [0.717, 1.165) is 6.54 Å². The molecule has 1 aliphatic heterocycles. The highest BCUT2D eigenvalue weighted by Gasteiger charge is 2.24. The molecular formula is C15H24N2. The van der Waals surface area contributed by atoms with Gasteiger partial charge in [-0.15, -0.1) is 0 Å². The Bertz CT molecular complexity index is 367. The normalized spacial score (nSPS) is 22.4. The molecule has 1 fully saturated rings. The highest BCUT2D eigenvalue weighted by molar-refractivity contribution is 5.33. The van der Waals surface area contributed by atoms with Gasteiger partial charge >= 0.3 is 0 Å². The average Bonchev–Trinajstić information content (AvgIpc) is 2.36. The third kappa shape index (κ3) is 2.88. The number of aryl methyl sites for hydroxylation is 2. The van der Waals surface area contributed by atoms with Crippen LogP contribution in [0, 0.1) is 19.8 Å². The van der Waals surface area contributed by atoms with E-state index in [2.05, 4.69) is 49.7 Å². The molecular weight excluding hydrogens is 208 g/mol. The fourth-order valence-corrected chi connectivity index (χ4v) is 2.90. The Balaban J connectivity index is 2.24. The summed E-state index contributed by atoms with van der Waals surface area (Å²) in [5, 5.41) is 7.03. The molecule has 0 radical (unpaired) electrons. The zero-order valence-corrected chi connectivity index (χ0v) is 11.2. The summed E-state index contributed by atoms with van der Waals surface area (Å²) in [7, 11) is 2.08. The van der Waals surface area contributed by atoms with E-state index in [4.69, 9.17) is 0 Å². The van der Waals surface area contributed by atoms with Gasteiger partial charge in [0.05, 0.1) is 0 Å². The number of hydrogen-bond donors (Lipinski definition) is 2. The highest BCUT2D eigenvalue weighted by Crippen LogP contribution is 2.29. The van der Waals surface area contributed by atoms with Crippen molar-refractivity contribution in [3.05, 3.63) is 34.9 Å². The highest BCUT2D eigenvalue weighted by atomic mass is 14.9. The molecule has 1 aromatic carbocycles. The summed E-state index contributed by atoms with van der Waals surface area (Å²) in [5.74, 6) is 0.717. The largest absolute Gasteiger partial charge is 0.316 e. The van der Waals surface area contributed by atoms with Crippen molar-refractivity contribution in [2.75, 3.05) is 20.1 Å². The van der Waals surface area contributed by atoms with Gasteiger partial charge in [-0.3, -0.25) is 0 Å². The summed E-state index contributed by atoms with van der Waals surface area (Å²) < 4.78 is 0. The van der Waals surface area contributed by atoms with Crippen LogP contribution in [0.25, 0.3) is 0 Å². The van der Waals surface area contributed by atoms with Crippen LogP contribution in [0.1, 0.15) is 35.6 Å². The fourth-order valence-electron chi connectivity index (χ4n) is 2.90. The zero-order valence-electron chi connectivity index (χ0n) is 11.2. The van der Waals surface area contributed by atoms with Gasteiger partial charge in [-0.2, -0.15) is 0 Å². The lowest BCUT2D eigenvalue weighted by atomic mass is 9.85. The minimum Gasteiger partial charge on any atom is -0.316 e. The minimum atomic E-state index is 0.489. The topological polar surface area (TPSA) is 24.1 Å². The van der Waals surface area contributed by atoms with Crippen LogP contribution < -0.4 is 10.6 Å². The second-order valence-corrected chi connectivity index (χ2v) is 5.23. The molecule has 1 saturated heterocycles. The summed E-state index contributed by atoms with van der Waals surface area (Å²) in [6.45, 7) is 6.71. The molecule has 0 saturated carbocycles. The van der Waals surface area contributed by atoms with Crippen molar-refractivity contribution in [1.29, 1.82) is 0 Å². The quantitative estimate of drug-likeness (QED) is 0.837. The SMILES string of the molecule is CNC(c1cc(C)ccc1C)C1CCCNC1. The van der Waals surface area contributed by atoms with E-state index in [9.17, 15) is 0 Å². The molecule has 1 aliphatic rings. The van der Waals surface area contributed by atoms with Crippen molar-refractivity contribution in [2.24, 2.45) is 5.92 Å². The fraction of sp³-hybridized carbons (Fsp3) is 0.600. The molecule has 2 rings (SSSR count). The molecule has 94 valence electrons. The summed E-state index contributed by atoms with van der Waals surface area (Å²) in [6.07, 6.45) is 2.62. The van der Waals surface area contributed by atoms with Gasteiger partial charge in [0.1, 0.15) is 0 Å². The maximum absolute atomic E-state index is 3.52. The van der Waals surface area contributed by atoms with Crippen LogP contribution in [0.4, 0.5) is 0 Å². The monoisotopic (exact) mass is 232 g/mol. The van der Waals surface area contributed by atoms with Gasteiger partial charge in [0.25, 0.3) is 0 Å². The zero-order chi connectivity index (χ0) is 12.3. The summed E-state index contributed by atoms with van der Waals surface area (Å²) in [5.41, 5.74) is 4.23. The van der Waals surface area contributed by atoms with Gasteiger partial charge in [-0.25, -0.2) is 0 Å². The molecule has 2 unspecified atom stereocenters. The van der Waals surface area contributed by atoms with Crippen LogP contribution >= 0.6 is 0 Å². The Kier molecular flexibility index (Phi) is 4.19. The standard InChI is InChI=1S/C15H24N2/c1-11-6-7-12(2)14(9-11)15(16-3)13-5-4-8-17-10-13/h6-7,9,13,15-17H,4-5,8,10H2,1-3H3. The van der Waals surface area contributed by atoms with E-state index in [1.165, 1.54) is 36.1 Å². The van der Waals surface area contributed by atoms with Crippen LogP contribution in [-0.4, -0.2) is 20.1 Å². The van der Waals surface area contributed by atoms with E-state index in [1.807, 2.05) is 0 Å². The molecule has 0 aliphatic carbocycles. The van der Waals surface area contributed by atoms with E-state index in [1.54, 1.807) is 0 Å². The summed E-state index contributed by atoms with van der Waals surface area (Å²) in [4.78, 5) is 0. The van der Waals surface area contributed by atoms with Gasteiger partial charge in [-0.1, -0.05) is 23.8 Å². The Morgan fingerprint density at radius 1 is 1.35 bits per heavy atom. The second-order valence-electron chi connectivity index (χ2n) is 5.23. The molecule has 2 nitrogen and oxygen atoms in total. The number of rotatable bonds is 3. The summed E-state index contributed by atoms with van der Waals surface area (Å²) in [6, 6.07) is 7.27. The van der Waals surface area contributed by atoms with Crippen LogP contribution in [0.3, 0.4) is 0 Å². The Morgan fingerprint density at radius 2 is 2.18 bits per heavy atom. The lowest BCUT2D eigenvalue weighted by Gasteiger charge is -2.32. The number of hydrogen-bond acceptors (Lipinski definition) is 2. The van der Waals surface area contributed by atoms with Crippen molar-refractivity contribution in [3.63, 3.8) is 0 Å².